The molecular formula is C7H14O3. The lowest BCUT2D eigenvalue weighted by Gasteiger charge is -2.13. The molecule has 3 nitrogen and oxygen atoms in total. The van der Waals surface area contributed by atoms with Crippen molar-refractivity contribution < 1.29 is 15.3 Å². The highest BCUT2D eigenvalue weighted by Crippen LogP contribution is 2.30. The topological polar surface area (TPSA) is 60.7 Å². The van der Waals surface area contributed by atoms with Crippen LogP contribution in [0.5, 0.6) is 0 Å². The van der Waals surface area contributed by atoms with E-state index in [4.69, 9.17) is 5.11 Å². The summed E-state index contributed by atoms with van der Waals surface area (Å²) in [5.74, 6) is -0.00264. The van der Waals surface area contributed by atoms with Gasteiger partial charge in [0.2, 0.25) is 0 Å². The van der Waals surface area contributed by atoms with Crippen molar-refractivity contribution in [3.05, 3.63) is 0 Å². The molecule has 10 heavy (non-hydrogen) atoms. The van der Waals surface area contributed by atoms with Crippen LogP contribution in [0.1, 0.15) is 13.3 Å². The van der Waals surface area contributed by atoms with E-state index in [-0.39, 0.29) is 18.4 Å². The van der Waals surface area contributed by atoms with Crippen molar-refractivity contribution in [2.24, 2.45) is 11.8 Å². The summed E-state index contributed by atoms with van der Waals surface area (Å²) in [4.78, 5) is 0. The minimum absolute atomic E-state index is 0.0252. The fourth-order valence-corrected chi connectivity index (χ4v) is 1.55. The molecule has 0 radical (unpaired) electrons. The van der Waals surface area contributed by atoms with Crippen molar-refractivity contribution in [2.45, 2.75) is 25.6 Å². The van der Waals surface area contributed by atoms with Gasteiger partial charge in [-0.2, -0.15) is 0 Å². The van der Waals surface area contributed by atoms with Gasteiger partial charge in [0.15, 0.2) is 0 Å². The average Bonchev–Trinajstić information content (AvgIpc) is 2.17. The van der Waals surface area contributed by atoms with Crippen molar-refractivity contribution in [1.29, 1.82) is 0 Å². The van der Waals surface area contributed by atoms with Crippen molar-refractivity contribution >= 4 is 0 Å². The van der Waals surface area contributed by atoms with Gasteiger partial charge in [0.05, 0.1) is 12.2 Å². The maximum Gasteiger partial charge on any atom is 0.0851 e. The van der Waals surface area contributed by atoms with Gasteiger partial charge >= 0.3 is 0 Å². The Balaban J connectivity index is 2.53. The first-order valence-corrected chi connectivity index (χ1v) is 3.63. The van der Waals surface area contributed by atoms with E-state index < -0.39 is 12.2 Å². The van der Waals surface area contributed by atoms with Gasteiger partial charge in [-0.05, 0) is 12.3 Å². The minimum atomic E-state index is -0.722. The monoisotopic (exact) mass is 146 g/mol. The van der Waals surface area contributed by atoms with Crippen LogP contribution < -0.4 is 0 Å². The summed E-state index contributed by atoms with van der Waals surface area (Å²) >= 11 is 0. The molecule has 1 fully saturated rings. The summed E-state index contributed by atoms with van der Waals surface area (Å²) < 4.78 is 0. The van der Waals surface area contributed by atoms with Gasteiger partial charge in [-0.15, -0.1) is 0 Å². The lowest BCUT2D eigenvalue weighted by atomic mass is 10.1. The van der Waals surface area contributed by atoms with Crippen LogP contribution in [-0.2, 0) is 0 Å². The molecule has 4 atom stereocenters. The third kappa shape index (κ3) is 1.17. The van der Waals surface area contributed by atoms with Crippen LogP contribution in [0.3, 0.4) is 0 Å². The largest absolute Gasteiger partial charge is 0.396 e. The number of hydrogen-bond donors (Lipinski definition) is 3. The van der Waals surface area contributed by atoms with Crippen LogP contribution in [-0.4, -0.2) is 34.1 Å². The molecule has 1 rings (SSSR count). The molecule has 3 heteroatoms. The molecule has 0 aromatic carbocycles. The zero-order valence-corrected chi connectivity index (χ0v) is 6.07. The van der Waals surface area contributed by atoms with Crippen molar-refractivity contribution in [3.63, 3.8) is 0 Å². The fourth-order valence-electron chi connectivity index (χ4n) is 1.55. The summed E-state index contributed by atoms with van der Waals surface area (Å²) in [5.41, 5.74) is 0. The summed E-state index contributed by atoms with van der Waals surface area (Å²) in [6.07, 6.45) is -0.643. The number of aliphatic hydroxyl groups excluding tert-OH is 3. The molecule has 1 aliphatic carbocycles. The second kappa shape index (κ2) is 2.86. The van der Waals surface area contributed by atoms with E-state index in [2.05, 4.69) is 0 Å². The van der Waals surface area contributed by atoms with Crippen LogP contribution in [0, 0.1) is 11.8 Å². The summed E-state index contributed by atoms with van der Waals surface area (Å²) in [5, 5.41) is 27.1. The second-order valence-electron chi connectivity index (χ2n) is 3.14. The predicted molar refractivity (Wildman–Crippen MR) is 36.4 cm³/mol. The van der Waals surface area contributed by atoms with Crippen LogP contribution in [0.15, 0.2) is 0 Å². The van der Waals surface area contributed by atoms with Crippen LogP contribution >= 0.6 is 0 Å². The molecule has 0 saturated heterocycles. The molecular weight excluding hydrogens is 132 g/mol. The molecule has 0 aromatic heterocycles. The van der Waals surface area contributed by atoms with Gasteiger partial charge in [-0.3, -0.25) is 0 Å². The Labute approximate surface area is 60.3 Å². The van der Waals surface area contributed by atoms with E-state index >= 15 is 0 Å². The SMILES string of the molecule is C[C@H]1C[C@H](CO)[C@@H](O)[C@@H]1O. The molecule has 0 aromatic rings. The quantitative estimate of drug-likeness (QED) is 0.461. The number of hydrogen-bond acceptors (Lipinski definition) is 3. The molecule has 0 spiro atoms. The minimum Gasteiger partial charge on any atom is -0.396 e. The first-order chi connectivity index (χ1) is 4.66. The summed E-state index contributed by atoms with van der Waals surface area (Å²) in [6, 6.07) is 0. The third-order valence-corrected chi connectivity index (χ3v) is 2.32. The zero-order valence-electron chi connectivity index (χ0n) is 6.07. The van der Waals surface area contributed by atoms with Crippen molar-refractivity contribution in [1.82, 2.24) is 0 Å². The van der Waals surface area contributed by atoms with Gasteiger partial charge < -0.3 is 15.3 Å². The molecule has 0 unspecified atom stereocenters. The van der Waals surface area contributed by atoms with E-state index in [0.29, 0.717) is 0 Å². The highest BCUT2D eigenvalue weighted by atomic mass is 16.3. The van der Waals surface area contributed by atoms with E-state index in [0.717, 1.165) is 6.42 Å². The van der Waals surface area contributed by atoms with E-state index in [1.165, 1.54) is 0 Å². The standard InChI is InChI=1S/C7H14O3/c1-4-2-5(3-8)7(10)6(4)9/h4-10H,2-3H2,1H3/t4-,5+,6+,7+/m0/s1. The lowest BCUT2D eigenvalue weighted by Crippen LogP contribution is -2.28. The van der Waals surface area contributed by atoms with Gasteiger partial charge in [0.25, 0.3) is 0 Å². The van der Waals surface area contributed by atoms with Gasteiger partial charge in [0.1, 0.15) is 0 Å². The first kappa shape index (κ1) is 7.98. The van der Waals surface area contributed by atoms with Crippen molar-refractivity contribution in [3.8, 4) is 0 Å². The summed E-state index contributed by atoms with van der Waals surface area (Å²) in [7, 11) is 0. The van der Waals surface area contributed by atoms with E-state index in [9.17, 15) is 10.2 Å². The number of rotatable bonds is 1. The Kier molecular flexibility index (Phi) is 2.28. The smallest absolute Gasteiger partial charge is 0.0851 e. The van der Waals surface area contributed by atoms with Gasteiger partial charge in [0, 0.05) is 12.5 Å². The van der Waals surface area contributed by atoms with Crippen LogP contribution in [0.2, 0.25) is 0 Å². The van der Waals surface area contributed by atoms with E-state index in [1.807, 2.05) is 6.92 Å². The highest BCUT2D eigenvalue weighted by Gasteiger charge is 2.38. The molecule has 0 heterocycles. The van der Waals surface area contributed by atoms with Crippen LogP contribution in [0.25, 0.3) is 0 Å². The Morgan fingerprint density at radius 1 is 1.30 bits per heavy atom. The van der Waals surface area contributed by atoms with Crippen molar-refractivity contribution in [2.75, 3.05) is 6.61 Å². The maximum atomic E-state index is 9.22. The Morgan fingerprint density at radius 2 is 1.90 bits per heavy atom. The highest BCUT2D eigenvalue weighted by molar-refractivity contribution is 4.88. The molecule has 0 bridgehead atoms. The first-order valence-electron chi connectivity index (χ1n) is 3.63. The third-order valence-electron chi connectivity index (χ3n) is 2.32. The summed E-state index contributed by atoms with van der Waals surface area (Å²) in [6.45, 7) is 1.85. The second-order valence-corrected chi connectivity index (χ2v) is 3.14. The Bertz CT molecular complexity index is 115. The van der Waals surface area contributed by atoms with E-state index in [1.54, 1.807) is 0 Å². The Hall–Kier alpha value is -0.120. The number of aliphatic hydroxyl groups is 3. The Morgan fingerprint density at radius 3 is 2.10 bits per heavy atom. The lowest BCUT2D eigenvalue weighted by molar-refractivity contribution is -0.00366. The molecule has 0 amide bonds. The average molecular weight is 146 g/mol. The van der Waals surface area contributed by atoms with Crippen LogP contribution in [0.4, 0.5) is 0 Å². The zero-order chi connectivity index (χ0) is 7.72. The molecule has 0 aliphatic heterocycles. The molecule has 1 saturated carbocycles. The van der Waals surface area contributed by atoms with Gasteiger partial charge in [-0.1, -0.05) is 6.92 Å². The molecule has 1 aliphatic rings. The molecule has 60 valence electrons. The maximum absolute atomic E-state index is 9.22. The fraction of sp³-hybridized carbons (Fsp3) is 1.00. The normalized spacial score (nSPS) is 48.0. The van der Waals surface area contributed by atoms with Gasteiger partial charge in [-0.25, -0.2) is 0 Å². The predicted octanol–water partition coefficient (Wildman–Crippen LogP) is -0.643. The molecule has 3 N–H and O–H groups in total.